The first-order chi connectivity index (χ1) is 9.11. The highest BCUT2D eigenvalue weighted by atomic mass is 79.9. The molecule has 2 aromatic rings. The van der Waals surface area contributed by atoms with Crippen molar-refractivity contribution in [2.75, 3.05) is 6.61 Å². The molecular weight excluding hydrogens is 353 g/mol. The Labute approximate surface area is 128 Å². The molecule has 0 aromatic carbocycles. The third kappa shape index (κ3) is 2.35. The van der Waals surface area contributed by atoms with Crippen molar-refractivity contribution in [1.29, 1.82) is 5.41 Å². The summed E-state index contributed by atoms with van der Waals surface area (Å²) in [7, 11) is 0. The Morgan fingerprint density at radius 2 is 2.20 bits per heavy atom. The Kier molecular flexibility index (Phi) is 4.45. The molecule has 1 saturated heterocycles. The van der Waals surface area contributed by atoms with E-state index >= 15 is 0 Å². The number of hydrogen-bond donors (Lipinski definition) is 3. The standard InChI is InChI=1S/C10H12BrN5O3.ClH/c11-16-4-14-8(12)7-9(16)15(3-13-7)10-6(18)1-5(2-17)19-10;/h3-6,10,12,17-18H,1-2H2;1H/t5-,6+,10+;/m0./s1. The monoisotopic (exact) mass is 365 g/mol. The molecule has 0 radical (unpaired) electrons. The molecule has 20 heavy (non-hydrogen) atoms. The SMILES string of the molecule is Cl.N=c1ncn(Br)c2c1ncn2[C@@H]1O[C@H](CO)C[C@H]1O. The van der Waals surface area contributed by atoms with Gasteiger partial charge in [-0.2, -0.15) is 0 Å². The zero-order valence-electron chi connectivity index (χ0n) is 10.2. The fourth-order valence-corrected chi connectivity index (χ4v) is 2.68. The van der Waals surface area contributed by atoms with E-state index in [1.807, 2.05) is 0 Å². The molecule has 1 aliphatic rings. The van der Waals surface area contributed by atoms with Crippen LogP contribution in [0.2, 0.25) is 0 Å². The summed E-state index contributed by atoms with van der Waals surface area (Å²) in [5, 5.41) is 26.8. The largest absolute Gasteiger partial charge is 0.394 e. The van der Waals surface area contributed by atoms with Crippen molar-refractivity contribution in [2.24, 2.45) is 0 Å². The van der Waals surface area contributed by atoms with Crippen LogP contribution in [0.5, 0.6) is 0 Å². The third-order valence-electron chi connectivity index (χ3n) is 3.13. The zero-order valence-corrected chi connectivity index (χ0v) is 12.6. The second kappa shape index (κ2) is 5.78. The topological polar surface area (TPSA) is 109 Å². The average molecular weight is 367 g/mol. The number of aromatic nitrogens is 4. The summed E-state index contributed by atoms with van der Waals surface area (Å²) in [5.41, 5.74) is 1.03. The maximum Gasteiger partial charge on any atom is 0.176 e. The van der Waals surface area contributed by atoms with Gasteiger partial charge in [0, 0.05) is 6.42 Å². The number of nitrogens with zero attached hydrogens (tertiary/aromatic N) is 4. The first kappa shape index (κ1) is 15.4. The lowest BCUT2D eigenvalue weighted by molar-refractivity contribution is -0.0487. The van der Waals surface area contributed by atoms with E-state index in [0.29, 0.717) is 17.6 Å². The minimum absolute atomic E-state index is 0. The van der Waals surface area contributed by atoms with Crippen LogP contribution in [-0.2, 0) is 4.74 Å². The van der Waals surface area contributed by atoms with Crippen LogP contribution in [0.25, 0.3) is 11.2 Å². The van der Waals surface area contributed by atoms with Gasteiger partial charge < -0.3 is 14.9 Å². The summed E-state index contributed by atoms with van der Waals surface area (Å²) in [6, 6.07) is 0. The van der Waals surface area contributed by atoms with Crippen LogP contribution in [0, 0.1) is 5.41 Å². The molecule has 2 aromatic heterocycles. The summed E-state index contributed by atoms with van der Waals surface area (Å²) in [4.78, 5) is 7.98. The van der Waals surface area contributed by atoms with E-state index in [9.17, 15) is 5.11 Å². The summed E-state index contributed by atoms with van der Waals surface area (Å²) in [6.45, 7) is -0.139. The average Bonchev–Trinajstić information content (AvgIpc) is 2.97. The molecule has 0 amide bonds. The highest BCUT2D eigenvalue weighted by Gasteiger charge is 2.36. The molecule has 1 fully saturated rings. The molecule has 3 heterocycles. The van der Waals surface area contributed by atoms with Gasteiger partial charge in [0.2, 0.25) is 0 Å². The Balaban J connectivity index is 0.00000147. The van der Waals surface area contributed by atoms with E-state index in [1.54, 1.807) is 4.57 Å². The van der Waals surface area contributed by atoms with E-state index in [4.69, 9.17) is 15.3 Å². The van der Waals surface area contributed by atoms with Gasteiger partial charge in [0.15, 0.2) is 22.9 Å². The van der Waals surface area contributed by atoms with Gasteiger partial charge in [0.1, 0.15) is 12.4 Å². The molecule has 1 aliphatic heterocycles. The normalized spacial score (nSPS) is 25.9. The number of nitrogens with one attached hydrogen (secondary N) is 1. The van der Waals surface area contributed by atoms with Crippen molar-refractivity contribution >= 4 is 39.7 Å². The van der Waals surface area contributed by atoms with Gasteiger partial charge in [0.25, 0.3) is 0 Å². The molecular formula is C10H13BrClN5O3. The molecule has 0 aliphatic carbocycles. The fraction of sp³-hybridized carbons (Fsp3) is 0.500. The van der Waals surface area contributed by atoms with Crippen LogP contribution in [0.4, 0.5) is 0 Å². The highest BCUT2D eigenvalue weighted by molar-refractivity contribution is 9.08. The van der Waals surface area contributed by atoms with Crippen molar-refractivity contribution in [3.8, 4) is 0 Å². The van der Waals surface area contributed by atoms with Crippen LogP contribution in [-0.4, -0.2) is 47.2 Å². The van der Waals surface area contributed by atoms with Crippen molar-refractivity contribution in [3.05, 3.63) is 18.1 Å². The van der Waals surface area contributed by atoms with Crippen LogP contribution in [0.3, 0.4) is 0 Å². The number of rotatable bonds is 2. The molecule has 0 spiro atoms. The van der Waals surface area contributed by atoms with Crippen LogP contribution < -0.4 is 5.49 Å². The molecule has 8 nitrogen and oxygen atoms in total. The Bertz CT molecular complexity index is 674. The predicted octanol–water partition coefficient (Wildman–Crippen LogP) is -0.0672. The molecule has 110 valence electrons. The molecule has 0 bridgehead atoms. The quantitative estimate of drug-likeness (QED) is 0.689. The molecule has 3 rings (SSSR count). The maximum atomic E-state index is 10.0. The number of imidazole rings is 1. The number of aliphatic hydroxyl groups excluding tert-OH is 2. The molecule has 3 N–H and O–H groups in total. The van der Waals surface area contributed by atoms with Crippen molar-refractivity contribution in [3.63, 3.8) is 0 Å². The van der Waals surface area contributed by atoms with Gasteiger partial charge in [-0.05, 0) is 0 Å². The van der Waals surface area contributed by atoms with Gasteiger partial charge in [-0.15, -0.1) is 12.4 Å². The summed E-state index contributed by atoms with van der Waals surface area (Å²) in [5.74, 6) is 0. The Morgan fingerprint density at radius 3 is 2.85 bits per heavy atom. The second-order valence-corrected chi connectivity index (χ2v) is 5.13. The van der Waals surface area contributed by atoms with E-state index in [1.165, 1.54) is 16.2 Å². The number of halogens is 2. The molecule has 3 atom stereocenters. The number of hydrogen-bond acceptors (Lipinski definition) is 6. The van der Waals surface area contributed by atoms with Crippen LogP contribution in [0.1, 0.15) is 12.6 Å². The van der Waals surface area contributed by atoms with Gasteiger partial charge in [-0.1, -0.05) is 0 Å². The summed E-state index contributed by atoms with van der Waals surface area (Å²) in [6.07, 6.45) is 1.54. The number of aliphatic hydroxyl groups is 2. The van der Waals surface area contributed by atoms with Gasteiger partial charge in [-0.3, -0.25) is 9.98 Å². The first-order valence-corrected chi connectivity index (χ1v) is 6.42. The van der Waals surface area contributed by atoms with E-state index in [-0.39, 0.29) is 24.5 Å². The Hall–Kier alpha value is -1.00. The minimum Gasteiger partial charge on any atom is -0.394 e. The second-order valence-electron chi connectivity index (χ2n) is 4.36. The lowest BCUT2D eigenvalue weighted by Gasteiger charge is -2.17. The van der Waals surface area contributed by atoms with Crippen molar-refractivity contribution in [2.45, 2.75) is 24.9 Å². The molecule has 0 saturated carbocycles. The number of ether oxygens (including phenoxy) is 1. The lowest BCUT2D eigenvalue weighted by atomic mass is 10.2. The zero-order chi connectivity index (χ0) is 13.6. The summed E-state index contributed by atoms with van der Waals surface area (Å²) >= 11 is 3.28. The van der Waals surface area contributed by atoms with Crippen molar-refractivity contribution < 1.29 is 14.9 Å². The van der Waals surface area contributed by atoms with Crippen LogP contribution >= 0.6 is 28.6 Å². The predicted molar refractivity (Wildman–Crippen MR) is 74.6 cm³/mol. The van der Waals surface area contributed by atoms with E-state index in [2.05, 4.69) is 26.1 Å². The molecule has 0 unspecified atom stereocenters. The molecule has 10 heteroatoms. The summed E-state index contributed by atoms with van der Waals surface area (Å²) < 4.78 is 8.74. The van der Waals surface area contributed by atoms with E-state index in [0.717, 1.165) is 0 Å². The Morgan fingerprint density at radius 1 is 1.45 bits per heavy atom. The number of fused-ring (bicyclic) bond motifs is 1. The lowest BCUT2D eigenvalue weighted by Crippen LogP contribution is -2.20. The third-order valence-corrected chi connectivity index (χ3v) is 3.64. The van der Waals surface area contributed by atoms with E-state index < -0.39 is 18.4 Å². The fourth-order valence-electron chi connectivity index (χ4n) is 2.24. The van der Waals surface area contributed by atoms with Crippen molar-refractivity contribution in [1.82, 2.24) is 18.1 Å². The van der Waals surface area contributed by atoms with Gasteiger partial charge >= 0.3 is 0 Å². The van der Waals surface area contributed by atoms with Crippen LogP contribution in [0.15, 0.2) is 12.7 Å². The minimum atomic E-state index is -0.732. The highest BCUT2D eigenvalue weighted by Crippen LogP contribution is 2.30. The maximum absolute atomic E-state index is 10.0. The smallest absolute Gasteiger partial charge is 0.176 e. The van der Waals surface area contributed by atoms with Gasteiger partial charge in [-0.25, -0.2) is 13.6 Å². The van der Waals surface area contributed by atoms with Gasteiger partial charge in [0.05, 0.1) is 35.2 Å². The first-order valence-electron chi connectivity index (χ1n) is 5.71.